The summed E-state index contributed by atoms with van der Waals surface area (Å²) in [4.78, 5) is 16.2. The summed E-state index contributed by atoms with van der Waals surface area (Å²) in [6, 6.07) is 6.74. The molecule has 2 aromatic carbocycles. The lowest BCUT2D eigenvalue weighted by atomic mass is 10.2. The van der Waals surface area contributed by atoms with Crippen molar-refractivity contribution < 1.29 is 14.6 Å². The number of nitrogens with zero attached hydrogens (tertiary/aromatic N) is 1. The van der Waals surface area contributed by atoms with Gasteiger partial charge in [0.05, 0.1) is 22.9 Å². The molecule has 27 heavy (non-hydrogen) atoms. The van der Waals surface area contributed by atoms with Crippen LogP contribution in [0.4, 0.5) is 11.4 Å². The zero-order chi connectivity index (χ0) is 20.0. The Labute approximate surface area is 180 Å². The summed E-state index contributed by atoms with van der Waals surface area (Å²) in [6.07, 6.45) is 2.70. The summed E-state index contributed by atoms with van der Waals surface area (Å²) in [7, 11) is 0. The van der Waals surface area contributed by atoms with Gasteiger partial charge in [-0.05, 0) is 69.5 Å². The van der Waals surface area contributed by atoms with Gasteiger partial charge in [0.15, 0.2) is 11.5 Å². The van der Waals surface area contributed by atoms with Gasteiger partial charge in [-0.25, -0.2) is 0 Å². The van der Waals surface area contributed by atoms with Crippen LogP contribution in [0.1, 0.15) is 32.3 Å². The van der Waals surface area contributed by atoms with Gasteiger partial charge in [0, 0.05) is 27.3 Å². The minimum atomic E-state index is -0.0662. The van der Waals surface area contributed by atoms with E-state index < -0.39 is 0 Å². The lowest BCUT2D eigenvalue weighted by molar-refractivity contribution is -0.116. The van der Waals surface area contributed by atoms with Crippen LogP contribution in [0.3, 0.4) is 0 Å². The van der Waals surface area contributed by atoms with Crippen LogP contribution in [0.15, 0.2) is 38.2 Å². The van der Waals surface area contributed by atoms with E-state index in [1.165, 1.54) is 6.21 Å². The van der Waals surface area contributed by atoms with Crippen molar-refractivity contribution in [2.24, 2.45) is 4.99 Å². The molecule has 0 saturated heterocycles. The number of benzene rings is 2. The van der Waals surface area contributed by atoms with Gasteiger partial charge in [-0.3, -0.25) is 9.79 Å². The molecule has 0 saturated carbocycles. The zero-order valence-electron chi connectivity index (χ0n) is 14.9. The zero-order valence-corrected chi connectivity index (χ0v) is 18.8. The van der Waals surface area contributed by atoms with Gasteiger partial charge in [0.1, 0.15) is 0 Å². The predicted molar refractivity (Wildman–Crippen MR) is 117 cm³/mol. The third-order valence-electron chi connectivity index (χ3n) is 3.53. The Kier molecular flexibility index (Phi) is 8.13. The molecule has 2 rings (SSSR count). The van der Waals surface area contributed by atoms with Gasteiger partial charge in [0.25, 0.3) is 0 Å². The number of hydrogen-bond acceptors (Lipinski definition) is 4. The van der Waals surface area contributed by atoms with E-state index in [9.17, 15) is 9.90 Å². The van der Waals surface area contributed by atoms with Crippen LogP contribution in [0.2, 0.25) is 5.02 Å². The number of aromatic hydroxyl groups is 1. The Balaban J connectivity index is 2.36. The molecule has 0 aliphatic rings. The molecule has 0 spiro atoms. The standard InChI is InChI=1S/C19H19Br2ClN2O3/c1-3-5-17(25)24-11-6-7-14(22)15(8-11)23-10-12-18(21)13(20)9-16(19(12)26)27-4-2/h6-10,26H,3-5H2,1-2H3,(H,24,25). The Morgan fingerprint density at radius 3 is 2.74 bits per heavy atom. The van der Waals surface area contributed by atoms with Crippen molar-refractivity contribution in [3.05, 3.63) is 43.8 Å². The minimum Gasteiger partial charge on any atom is -0.504 e. The molecule has 5 nitrogen and oxygen atoms in total. The lowest BCUT2D eigenvalue weighted by Crippen LogP contribution is -2.10. The molecule has 0 bridgehead atoms. The van der Waals surface area contributed by atoms with Gasteiger partial charge in [0.2, 0.25) is 5.91 Å². The highest BCUT2D eigenvalue weighted by molar-refractivity contribution is 9.13. The maximum Gasteiger partial charge on any atom is 0.224 e. The topological polar surface area (TPSA) is 70.9 Å². The molecule has 0 unspecified atom stereocenters. The van der Waals surface area contributed by atoms with E-state index in [1.807, 2.05) is 13.8 Å². The first-order chi connectivity index (χ1) is 12.9. The molecule has 144 valence electrons. The number of anilines is 1. The molecule has 0 fully saturated rings. The third kappa shape index (κ3) is 5.70. The first-order valence-corrected chi connectivity index (χ1v) is 10.3. The van der Waals surface area contributed by atoms with Crippen LogP contribution < -0.4 is 10.1 Å². The molecule has 0 radical (unpaired) electrons. The first-order valence-electron chi connectivity index (χ1n) is 8.34. The van der Waals surface area contributed by atoms with Crippen molar-refractivity contribution in [3.63, 3.8) is 0 Å². The van der Waals surface area contributed by atoms with Crippen molar-refractivity contribution in [2.45, 2.75) is 26.7 Å². The average Bonchev–Trinajstić information content (AvgIpc) is 2.62. The van der Waals surface area contributed by atoms with Crippen LogP contribution in [0, 0.1) is 0 Å². The van der Waals surface area contributed by atoms with Crippen LogP contribution in [0.25, 0.3) is 0 Å². The molecule has 0 aliphatic heterocycles. The second-order valence-corrected chi connectivity index (χ2v) is 7.64. The fourth-order valence-electron chi connectivity index (χ4n) is 2.27. The Morgan fingerprint density at radius 2 is 2.07 bits per heavy atom. The second kappa shape index (κ2) is 10.1. The van der Waals surface area contributed by atoms with Crippen LogP contribution in [-0.4, -0.2) is 23.8 Å². The maximum atomic E-state index is 11.8. The fourth-order valence-corrected chi connectivity index (χ4v) is 3.26. The summed E-state index contributed by atoms with van der Waals surface area (Å²) in [5.41, 5.74) is 1.53. The quantitative estimate of drug-likeness (QED) is 0.414. The number of carbonyl (C=O) groups is 1. The third-order valence-corrected chi connectivity index (χ3v) is 5.86. The van der Waals surface area contributed by atoms with Crippen LogP contribution in [-0.2, 0) is 4.79 Å². The molecule has 0 aromatic heterocycles. The number of rotatable bonds is 7. The number of hydrogen-bond donors (Lipinski definition) is 2. The van der Waals surface area contributed by atoms with Crippen molar-refractivity contribution in [3.8, 4) is 11.5 Å². The lowest BCUT2D eigenvalue weighted by Gasteiger charge is -2.11. The summed E-state index contributed by atoms with van der Waals surface area (Å²) < 4.78 is 6.79. The van der Waals surface area contributed by atoms with Gasteiger partial charge in [-0.2, -0.15) is 0 Å². The number of aliphatic imine (C=N–C) groups is 1. The van der Waals surface area contributed by atoms with Crippen LogP contribution >= 0.6 is 43.5 Å². The van der Waals surface area contributed by atoms with E-state index in [0.717, 1.165) is 10.9 Å². The largest absolute Gasteiger partial charge is 0.504 e. The number of halogens is 3. The fraction of sp³-hybridized carbons (Fsp3) is 0.263. The van der Waals surface area contributed by atoms with E-state index in [0.29, 0.717) is 45.2 Å². The number of nitrogens with one attached hydrogen (secondary N) is 1. The van der Waals surface area contributed by atoms with Gasteiger partial charge < -0.3 is 15.2 Å². The van der Waals surface area contributed by atoms with Crippen molar-refractivity contribution in [2.75, 3.05) is 11.9 Å². The van der Waals surface area contributed by atoms with E-state index in [2.05, 4.69) is 42.2 Å². The number of phenolic OH excluding ortho intramolecular Hbond substituents is 1. The van der Waals surface area contributed by atoms with E-state index in [1.54, 1.807) is 24.3 Å². The van der Waals surface area contributed by atoms with E-state index in [-0.39, 0.29) is 11.7 Å². The molecular weight excluding hydrogens is 499 g/mol. The van der Waals surface area contributed by atoms with Crippen molar-refractivity contribution >= 4 is 67.0 Å². The number of amides is 1. The summed E-state index contributed by atoms with van der Waals surface area (Å²) >= 11 is 13.1. The van der Waals surface area contributed by atoms with Gasteiger partial charge in [-0.1, -0.05) is 18.5 Å². The highest BCUT2D eigenvalue weighted by Gasteiger charge is 2.15. The molecular formula is C19H19Br2ClN2O3. The predicted octanol–water partition coefficient (Wildman–Crippen LogP) is 6.46. The first kappa shape index (κ1) is 21.7. The molecule has 8 heteroatoms. The SMILES string of the molecule is CCCC(=O)Nc1ccc(Cl)c(N=Cc2c(O)c(OCC)cc(Br)c2Br)c1. The summed E-state index contributed by atoms with van der Waals surface area (Å²) in [5.74, 6) is 0.253. The molecule has 0 aliphatic carbocycles. The maximum absolute atomic E-state index is 11.8. The Hall–Kier alpha value is -1.57. The number of phenols is 1. The van der Waals surface area contributed by atoms with Crippen molar-refractivity contribution in [1.29, 1.82) is 0 Å². The Bertz CT molecular complexity index is 873. The minimum absolute atomic E-state index is 0.0285. The van der Waals surface area contributed by atoms with Crippen LogP contribution in [0.5, 0.6) is 11.5 Å². The smallest absolute Gasteiger partial charge is 0.224 e. The van der Waals surface area contributed by atoms with E-state index in [4.69, 9.17) is 16.3 Å². The van der Waals surface area contributed by atoms with Gasteiger partial charge >= 0.3 is 0 Å². The Morgan fingerprint density at radius 1 is 1.33 bits per heavy atom. The normalized spacial score (nSPS) is 11.0. The highest BCUT2D eigenvalue weighted by atomic mass is 79.9. The molecule has 2 N–H and O–H groups in total. The monoisotopic (exact) mass is 516 g/mol. The van der Waals surface area contributed by atoms with Crippen molar-refractivity contribution in [1.82, 2.24) is 0 Å². The number of carbonyl (C=O) groups excluding carboxylic acids is 1. The highest BCUT2D eigenvalue weighted by Crippen LogP contribution is 2.40. The average molecular weight is 519 g/mol. The van der Waals surface area contributed by atoms with E-state index >= 15 is 0 Å². The molecule has 0 heterocycles. The molecule has 0 atom stereocenters. The summed E-state index contributed by atoms with van der Waals surface area (Å²) in [5, 5.41) is 13.7. The second-order valence-electron chi connectivity index (χ2n) is 5.59. The van der Waals surface area contributed by atoms with Gasteiger partial charge in [-0.15, -0.1) is 0 Å². The summed E-state index contributed by atoms with van der Waals surface area (Å²) in [6.45, 7) is 4.20. The number of ether oxygens (including phenoxy) is 1. The molecule has 2 aromatic rings. The molecule has 1 amide bonds.